The number of nitriles is 1. The summed E-state index contributed by atoms with van der Waals surface area (Å²) in [5, 5.41) is 11.6. The van der Waals surface area contributed by atoms with Gasteiger partial charge in [-0.3, -0.25) is 4.79 Å². The van der Waals surface area contributed by atoms with Crippen LogP contribution >= 0.6 is 0 Å². The Morgan fingerprint density at radius 2 is 1.96 bits per heavy atom. The van der Waals surface area contributed by atoms with Gasteiger partial charge in [0.2, 0.25) is 5.91 Å². The number of hydrogen-bond donors (Lipinski definition) is 1. The molecule has 0 aromatic heterocycles. The van der Waals surface area contributed by atoms with Crippen molar-refractivity contribution in [2.45, 2.75) is 44.6 Å². The maximum atomic E-state index is 12.2. The number of ether oxygens (including phenoxy) is 1. The van der Waals surface area contributed by atoms with E-state index in [0.717, 1.165) is 18.4 Å². The molecule has 1 amide bonds. The number of benzene rings is 1. The van der Waals surface area contributed by atoms with Crippen molar-refractivity contribution in [1.82, 2.24) is 5.32 Å². The minimum absolute atomic E-state index is 0.0963. The maximum absolute atomic E-state index is 12.2. The van der Waals surface area contributed by atoms with Gasteiger partial charge in [-0.15, -0.1) is 0 Å². The molecule has 1 aliphatic carbocycles. The second kappa shape index (κ2) is 8.33. The SMILES string of the molecule is COC(=O)[C@H](Cc1ccc(C#N)cc1)NC(=O)CC1CCCC1. The van der Waals surface area contributed by atoms with E-state index in [9.17, 15) is 9.59 Å². The van der Waals surface area contributed by atoms with Gasteiger partial charge in [0, 0.05) is 12.8 Å². The minimum atomic E-state index is -0.693. The minimum Gasteiger partial charge on any atom is -0.467 e. The van der Waals surface area contributed by atoms with Crippen LogP contribution in [-0.2, 0) is 20.7 Å². The van der Waals surface area contributed by atoms with E-state index in [1.165, 1.54) is 20.0 Å². The average molecular weight is 314 g/mol. The van der Waals surface area contributed by atoms with E-state index >= 15 is 0 Å². The highest BCUT2D eigenvalue weighted by Crippen LogP contribution is 2.27. The molecule has 1 atom stereocenters. The molecule has 1 aromatic rings. The number of rotatable bonds is 6. The maximum Gasteiger partial charge on any atom is 0.328 e. The van der Waals surface area contributed by atoms with E-state index in [1.54, 1.807) is 24.3 Å². The average Bonchev–Trinajstić information content (AvgIpc) is 3.07. The van der Waals surface area contributed by atoms with Crippen LogP contribution in [0.3, 0.4) is 0 Å². The molecule has 1 aliphatic rings. The molecule has 1 N–H and O–H groups in total. The Kier molecular flexibility index (Phi) is 6.16. The van der Waals surface area contributed by atoms with Gasteiger partial charge in [0.15, 0.2) is 0 Å². The summed E-state index contributed by atoms with van der Waals surface area (Å²) in [5.41, 5.74) is 1.44. The van der Waals surface area contributed by atoms with Crippen LogP contribution in [0.25, 0.3) is 0 Å². The zero-order valence-electron chi connectivity index (χ0n) is 13.4. The van der Waals surface area contributed by atoms with Crippen LogP contribution in [0.15, 0.2) is 24.3 Å². The van der Waals surface area contributed by atoms with Crippen LogP contribution < -0.4 is 5.32 Å². The van der Waals surface area contributed by atoms with Gasteiger partial charge < -0.3 is 10.1 Å². The molecule has 0 saturated heterocycles. The molecule has 1 aromatic carbocycles. The highest BCUT2D eigenvalue weighted by Gasteiger charge is 2.24. The molecule has 1 fully saturated rings. The molecule has 122 valence electrons. The third kappa shape index (κ3) is 5.10. The number of nitrogens with one attached hydrogen (secondary N) is 1. The molecule has 2 rings (SSSR count). The van der Waals surface area contributed by atoms with Gasteiger partial charge in [-0.1, -0.05) is 25.0 Å². The van der Waals surface area contributed by atoms with Gasteiger partial charge in [-0.05, 0) is 36.5 Å². The molecule has 0 spiro atoms. The number of methoxy groups -OCH3 is 1. The molecular formula is C18H22N2O3. The lowest BCUT2D eigenvalue weighted by Crippen LogP contribution is -2.43. The zero-order valence-corrected chi connectivity index (χ0v) is 13.4. The number of nitrogens with zero attached hydrogens (tertiary/aromatic N) is 1. The van der Waals surface area contributed by atoms with E-state index in [1.807, 2.05) is 0 Å². The van der Waals surface area contributed by atoms with Crippen molar-refractivity contribution < 1.29 is 14.3 Å². The lowest BCUT2D eigenvalue weighted by atomic mass is 10.0. The fourth-order valence-electron chi connectivity index (χ4n) is 3.02. The summed E-state index contributed by atoms with van der Waals surface area (Å²) in [6.07, 6.45) is 5.38. The van der Waals surface area contributed by atoms with E-state index in [0.29, 0.717) is 24.3 Å². The Morgan fingerprint density at radius 3 is 2.52 bits per heavy atom. The van der Waals surface area contributed by atoms with E-state index in [2.05, 4.69) is 11.4 Å². The van der Waals surface area contributed by atoms with Gasteiger partial charge in [0.05, 0.1) is 18.7 Å². The largest absolute Gasteiger partial charge is 0.467 e. The van der Waals surface area contributed by atoms with Crippen molar-refractivity contribution in [1.29, 1.82) is 5.26 Å². The highest BCUT2D eigenvalue weighted by molar-refractivity contribution is 5.84. The second-order valence-corrected chi connectivity index (χ2v) is 6.01. The third-order valence-corrected chi connectivity index (χ3v) is 4.29. The van der Waals surface area contributed by atoms with Crippen LogP contribution in [0.4, 0.5) is 0 Å². The summed E-state index contributed by atoms with van der Waals surface area (Å²) in [6, 6.07) is 8.34. The van der Waals surface area contributed by atoms with Gasteiger partial charge in [-0.2, -0.15) is 5.26 Å². The number of carbonyl (C=O) groups is 2. The van der Waals surface area contributed by atoms with Crippen molar-refractivity contribution >= 4 is 11.9 Å². The Morgan fingerprint density at radius 1 is 1.30 bits per heavy atom. The first-order valence-electron chi connectivity index (χ1n) is 7.98. The lowest BCUT2D eigenvalue weighted by Gasteiger charge is -2.18. The quantitative estimate of drug-likeness (QED) is 0.817. The molecule has 0 heterocycles. The predicted octanol–water partition coefficient (Wildman–Crippen LogP) is 2.34. The van der Waals surface area contributed by atoms with Crippen molar-refractivity contribution in [3.8, 4) is 6.07 Å². The van der Waals surface area contributed by atoms with E-state index < -0.39 is 12.0 Å². The molecule has 0 unspecified atom stereocenters. The number of carbonyl (C=O) groups excluding carboxylic acids is 2. The summed E-state index contributed by atoms with van der Waals surface area (Å²) in [4.78, 5) is 24.1. The lowest BCUT2D eigenvalue weighted by molar-refractivity contribution is -0.145. The van der Waals surface area contributed by atoms with Crippen LogP contribution in [0.5, 0.6) is 0 Å². The van der Waals surface area contributed by atoms with E-state index in [4.69, 9.17) is 10.00 Å². The molecule has 23 heavy (non-hydrogen) atoms. The first-order valence-corrected chi connectivity index (χ1v) is 7.98. The summed E-state index contributed by atoms with van der Waals surface area (Å²) >= 11 is 0. The molecule has 0 bridgehead atoms. The fraction of sp³-hybridized carbons (Fsp3) is 0.500. The summed E-state index contributed by atoms with van der Waals surface area (Å²) in [7, 11) is 1.32. The topological polar surface area (TPSA) is 79.2 Å². The molecule has 5 heteroatoms. The zero-order chi connectivity index (χ0) is 16.7. The van der Waals surface area contributed by atoms with Crippen molar-refractivity contribution in [3.05, 3.63) is 35.4 Å². The van der Waals surface area contributed by atoms with Crippen LogP contribution in [0, 0.1) is 17.2 Å². The first kappa shape index (κ1) is 17.0. The number of amides is 1. The molecule has 0 aliphatic heterocycles. The Bertz CT molecular complexity index is 583. The fourth-order valence-corrected chi connectivity index (χ4v) is 3.02. The van der Waals surface area contributed by atoms with Gasteiger partial charge >= 0.3 is 5.97 Å². The van der Waals surface area contributed by atoms with Crippen molar-refractivity contribution in [2.75, 3.05) is 7.11 Å². The second-order valence-electron chi connectivity index (χ2n) is 6.01. The van der Waals surface area contributed by atoms with Crippen molar-refractivity contribution in [2.24, 2.45) is 5.92 Å². The standard InChI is InChI=1S/C18H22N2O3/c1-23-18(22)16(10-14-6-8-15(12-19)9-7-14)20-17(21)11-13-4-2-3-5-13/h6-9,13,16H,2-5,10-11H2,1H3,(H,20,21)/t16-/m0/s1. The highest BCUT2D eigenvalue weighted by atomic mass is 16.5. The van der Waals surface area contributed by atoms with Crippen LogP contribution in [-0.4, -0.2) is 25.0 Å². The van der Waals surface area contributed by atoms with Gasteiger partial charge in [0.1, 0.15) is 6.04 Å². The predicted molar refractivity (Wildman–Crippen MR) is 85.4 cm³/mol. The third-order valence-electron chi connectivity index (χ3n) is 4.29. The Balaban J connectivity index is 1.96. The van der Waals surface area contributed by atoms with Gasteiger partial charge in [-0.25, -0.2) is 4.79 Å². The number of hydrogen-bond acceptors (Lipinski definition) is 4. The molecule has 5 nitrogen and oxygen atoms in total. The summed E-state index contributed by atoms with van der Waals surface area (Å²) in [6.45, 7) is 0. The van der Waals surface area contributed by atoms with Crippen molar-refractivity contribution in [3.63, 3.8) is 0 Å². The smallest absolute Gasteiger partial charge is 0.328 e. The summed E-state index contributed by atoms with van der Waals surface area (Å²) in [5.74, 6) is -0.113. The number of esters is 1. The monoisotopic (exact) mass is 314 g/mol. The van der Waals surface area contributed by atoms with Crippen LogP contribution in [0.2, 0.25) is 0 Å². The van der Waals surface area contributed by atoms with Gasteiger partial charge in [0.25, 0.3) is 0 Å². The van der Waals surface area contributed by atoms with E-state index in [-0.39, 0.29) is 5.91 Å². The molecular weight excluding hydrogens is 292 g/mol. The Hall–Kier alpha value is -2.35. The molecule has 1 saturated carbocycles. The van der Waals surface area contributed by atoms with Crippen LogP contribution in [0.1, 0.15) is 43.2 Å². The summed E-state index contributed by atoms with van der Waals surface area (Å²) < 4.78 is 4.79. The first-order chi connectivity index (χ1) is 11.1. The Labute approximate surface area is 136 Å². The normalized spacial score (nSPS) is 15.7. The molecule has 0 radical (unpaired) electrons.